The van der Waals surface area contributed by atoms with Crippen molar-refractivity contribution in [3.8, 4) is 0 Å². The Morgan fingerprint density at radius 3 is 2.68 bits per heavy atom. The van der Waals surface area contributed by atoms with Crippen molar-refractivity contribution < 1.29 is 28.9 Å². The average molecular weight is 273 g/mol. The highest BCUT2D eigenvalue weighted by atomic mass is 16.6. The maximum atomic E-state index is 11.0. The molecule has 0 saturated carbocycles. The van der Waals surface area contributed by atoms with Crippen LogP contribution in [0, 0.1) is 0 Å². The summed E-state index contributed by atoms with van der Waals surface area (Å²) in [4.78, 5) is 24.5. The van der Waals surface area contributed by atoms with Gasteiger partial charge >= 0.3 is 11.9 Å². The second-order valence-electron chi connectivity index (χ2n) is 4.01. The summed E-state index contributed by atoms with van der Waals surface area (Å²) in [5.41, 5.74) is 8.47. The van der Waals surface area contributed by atoms with Crippen LogP contribution in [0.4, 0.5) is 0 Å². The first-order chi connectivity index (χ1) is 8.93. The molecule has 0 aromatic rings. The summed E-state index contributed by atoms with van der Waals surface area (Å²) in [7, 11) is 0. The molecule has 0 aliphatic carbocycles. The van der Waals surface area contributed by atoms with Crippen molar-refractivity contribution in [2.75, 3.05) is 6.61 Å². The number of azide groups is 1. The van der Waals surface area contributed by atoms with Gasteiger partial charge < -0.3 is 19.3 Å². The van der Waals surface area contributed by atoms with Crippen LogP contribution in [-0.4, -0.2) is 48.2 Å². The van der Waals surface area contributed by atoms with Crippen LogP contribution in [0.2, 0.25) is 0 Å². The van der Waals surface area contributed by atoms with E-state index in [2.05, 4.69) is 10.0 Å². The molecule has 0 radical (unpaired) electrons. The van der Waals surface area contributed by atoms with Gasteiger partial charge in [0.1, 0.15) is 18.8 Å². The molecule has 0 aromatic heterocycles. The Morgan fingerprint density at radius 2 is 2.16 bits per heavy atom. The first-order valence-electron chi connectivity index (χ1n) is 5.62. The van der Waals surface area contributed by atoms with Gasteiger partial charge in [-0.1, -0.05) is 5.11 Å². The van der Waals surface area contributed by atoms with E-state index in [-0.39, 0.29) is 13.0 Å². The van der Waals surface area contributed by atoms with Gasteiger partial charge in [0.05, 0.1) is 6.04 Å². The van der Waals surface area contributed by atoms with Crippen LogP contribution in [-0.2, 0) is 23.8 Å². The number of carbonyl (C=O) groups is 2. The summed E-state index contributed by atoms with van der Waals surface area (Å²) in [5.74, 6) is -1.12. The smallest absolute Gasteiger partial charge is 0.303 e. The summed E-state index contributed by atoms with van der Waals surface area (Å²) in [6.45, 7) is 2.20. The predicted molar refractivity (Wildman–Crippen MR) is 60.6 cm³/mol. The van der Waals surface area contributed by atoms with Crippen molar-refractivity contribution in [2.45, 2.75) is 44.8 Å². The number of aliphatic hydroxyl groups excluding tert-OH is 1. The Balaban J connectivity index is 2.83. The van der Waals surface area contributed by atoms with Crippen LogP contribution in [0.1, 0.15) is 20.3 Å². The van der Waals surface area contributed by atoms with Crippen LogP contribution in [0.5, 0.6) is 0 Å². The predicted octanol–water partition coefficient (Wildman–Crippen LogP) is 0.267. The van der Waals surface area contributed by atoms with Crippen LogP contribution < -0.4 is 0 Å². The third kappa shape index (κ3) is 4.74. The Bertz CT molecular complexity index is 395. The van der Waals surface area contributed by atoms with Crippen molar-refractivity contribution in [3.63, 3.8) is 0 Å². The molecule has 1 aliphatic rings. The standard InChI is InChI=1S/C10H15N3O6/c1-5(14)17-4-8-10(18-6(2)15)7(12-13-11)3-9(16)19-8/h7-10,16H,3-4H2,1-2H3/t7-,8+,9+,10-/m0/s1. The van der Waals surface area contributed by atoms with Crippen molar-refractivity contribution in [1.29, 1.82) is 0 Å². The molecule has 1 rings (SSSR count). The minimum atomic E-state index is -1.18. The molecule has 4 atom stereocenters. The molecule has 9 heteroatoms. The van der Waals surface area contributed by atoms with E-state index < -0.39 is 36.5 Å². The van der Waals surface area contributed by atoms with E-state index in [1.807, 2.05) is 0 Å². The van der Waals surface area contributed by atoms with Gasteiger partial charge in [0.15, 0.2) is 6.29 Å². The Morgan fingerprint density at radius 1 is 1.47 bits per heavy atom. The molecule has 106 valence electrons. The van der Waals surface area contributed by atoms with Crippen molar-refractivity contribution >= 4 is 11.9 Å². The summed E-state index contributed by atoms with van der Waals surface area (Å²) in [6, 6.07) is -0.779. The summed E-state index contributed by atoms with van der Waals surface area (Å²) >= 11 is 0. The lowest BCUT2D eigenvalue weighted by Gasteiger charge is -2.37. The lowest BCUT2D eigenvalue weighted by molar-refractivity contribution is -0.225. The Hall–Kier alpha value is -1.83. The van der Waals surface area contributed by atoms with E-state index >= 15 is 0 Å². The molecule has 1 N–H and O–H groups in total. The minimum absolute atomic E-state index is 0.00141. The van der Waals surface area contributed by atoms with Gasteiger partial charge in [-0.3, -0.25) is 9.59 Å². The number of ether oxygens (including phenoxy) is 3. The molecular formula is C10H15N3O6. The van der Waals surface area contributed by atoms with E-state index in [1.54, 1.807) is 0 Å². The number of aliphatic hydroxyl groups is 1. The molecule has 0 aromatic carbocycles. The van der Waals surface area contributed by atoms with Crippen molar-refractivity contribution in [1.82, 2.24) is 0 Å². The van der Waals surface area contributed by atoms with Crippen molar-refractivity contribution in [3.05, 3.63) is 10.4 Å². The highest BCUT2D eigenvalue weighted by Gasteiger charge is 2.40. The van der Waals surface area contributed by atoms with E-state index in [0.717, 1.165) is 0 Å². The lowest BCUT2D eigenvalue weighted by Crippen LogP contribution is -2.51. The third-order valence-electron chi connectivity index (χ3n) is 2.47. The third-order valence-corrected chi connectivity index (χ3v) is 2.47. The summed E-state index contributed by atoms with van der Waals surface area (Å²) in [5, 5.41) is 13.0. The monoisotopic (exact) mass is 273 g/mol. The zero-order valence-corrected chi connectivity index (χ0v) is 10.6. The van der Waals surface area contributed by atoms with Crippen LogP contribution in [0.15, 0.2) is 5.11 Å². The zero-order chi connectivity index (χ0) is 14.4. The van der Waals surface area contributed by atoms with Crippen LogP contribution >= 0.6 is 0 Å². The normalized spacial score (nSPS) is 30.1. The fourth-order valence-corrected chi connectivity index (χ4v) is 1.78. The first-order valence-corrected chi connectivity index (χ1v) is 5.62. The molecule has 0 amide bonds. The van der Waals surface area contributed by atoms with Gasteiger partial charge in [-0.25, -0.2) is 0 Å². The molecular weight excluding hydrogens is 258 g/mol. The van der Waals surface area contributed by atoms with E-state index in [9.17, 15) is 14.7 Å². The highest BCUT2D eigenvalue weighted by Crippen LogP contribution is 2.25. The average Bonchev–Trinajstić information content (AvgIpc) is 2.30. The van der Waals surface area contributed by atoms with E-state index in [4.69, 9.17) is 19.7 Å². The molecule has 1 saturated heterocycles. The van der Waals surface area contributed by atoms with Gasteiger partial charge in [0.2, 0.25) is 0 Å². The molecule has 19 heavy (non-hydrogen) atoms. The number of rotatable bonds is 4. The Kier molecular flexibility index (Phi) is 5.56. The zero-order valence-electron chi connectivity index (χ0n) is 10.6. The highest BCUT2D eigenvalue weighted by molar-refractivity contribution is 5.66. The molecule has 1 heterocycles. The second kappa shape index (κ2) is 6.93. The van der Waals surface area contributed by atoms with Gasteiger partial charge in [-0.05, 0) is 5.53 Å². The van der Waals surface area contributed by atoms with Gasteiger partial charge in [-0.15, -0.1) is 0 Å². The molecule has 0 spiro atoms. The second-order valence-corrected chi connectivity index (χ2v) is 4.01. The number of hydrogen-bond donors (Lipinski definition) is 1. The van der Waals surface area contributed by atoms with Gasteiger partial charge in [0.25, 0.3) is 0 Å². The molecule has 9 nitrogen and oxygen atoms in total. The van der Waals surface area contributed by atoms with Crippen LogP contribution in [0.3, 0.4) is 0 Å². The molecule has 1 aliphatic heterocycles. The van der Waals surface area contributed by atoms with E-state index in [1.165, 1.54) is 13.8 Å². The molecule has 0 unspecified atom stereocenters. The number of carbonyl (C=O) groups excluding carboxylic acids is 2. The number of esters is 2. The summed E-state index contributed by atoms with van der Waals surface area (Å²) in [6.07, 6.45) is -2.97. The lowest BCUT2D eigenvalue weighted by atomic mass is 9.99. The Labute approximate surface area is 109 Å². The first kappa shape index (κ1) is 15.2. The topological polar surface area (TPSA) is 131 Å². The van der Waals surface area contributed by atoms with Gasteiger partial charge in [0, 0.05) is 25.2 Å². The molecule has 0 bridgehead atoms. The van der Waals surface area contributed by atoms with Crippen LogP contribution in [0.25, 0.3) is 10.4 Å². The maximum absolute atomic E-state index is 11.0. The van der Waals surface area contributed by atoms with Gasteiger partial charge in [-0.2, -0.15) is 0 Å². The molecule has 1 fully saturated rings. The quantitative estimate of drug-likeness (QED) is 0.338. The number of hydrogen-bond acceptors (Lipinski definition) is 7. The van der Waals surface area contributed by atoms with Crippen molar-refractivity contribution in [2.24, 2.45) is 5.11 Å². The minimum Gasteiger partial charge on any atom is -0.463 e. The van der Waals surface area contributed by atoms with E-state index in [0.29, 0.717) is 0 Å². The number of nitrogens with zero attached hydrogens (tertiary/aromatic N) is 3. The summed E-state index contributed by atoms with van der Waals surface area (Å²) < 4.78 is 14.9. The fourth-order valence-electron chi connectivity index (χ4n) is 1.78. The largest absolute Gasteiger partial charge is 0.463 e. The fraction of sp³-hybridized carbons (Fsp3) is 0.800. The maximum Gasteiger partial charge on any atom is 0.303 e. The SMILES string of the molecule is CC(=O)OC[C@H]1O[C@@H](O)C[C@H](N=[N+]=[N-])[C@@H]1OC(C)=O.